The monoisotopic (exact) mass is 290 g/mol. The van der Waals surface area contributed by atoms with Crippen molar-refractivity contribution in [2.24, 2.45) is 11.3 Å². The number of amides is 1. The molecule has 0 radical (unpaired) electrons. The maximum atomic E-state index is 12.4. The van der Waals surface area contributed by atoms with E-state index in [0.717, 1.165) is 32.5 Å². The second-order valence-electron chi connectivity index (χ2n) is 6.15. The molecule has 1 saturated carbocycles. The van der Waals surface area contributed by atoms with E-state index in [-0.39, 0.29) is 18.3 Å². The highest BCUT2D eigenvalue weighted by molar-refractivity contribution is 5.85. The highest BCUT2D eigenvalue weighted by Gasteiger charge is 2.47. The van der Waals surface area contributed by atoms with Crippen LogP contribution in [0.5, 0.6) is 0 Å². The van der Waals surface area contributed by atoms with E-state index in [1.54, 1.807) is 7.11 Å². The molecule has 0 aromatic rings. The van der Waals surface area contributed by atoms with Crippen LogP contribution in [0.4, 0.5) is 0 Å². The largest absolute Gasteiger partial charge is 0.368 e. The molecule has 0 bridgehead atoms. The molecule has 1 aliphatic heterocycles. The number of hydrogen-bond acceptors (Lipinski definition) is 3. The maximum Gasteiger partial charge on any atom is 0.252 e. The third kappa shape index (κ3) is 3.41. The van der Waals surface area contributed by atoms with Gasteiger partial charge in [-0.3, -0.25) is 4.79 Å². The molecule has 5 heteroatoms. The number of piperidine rings is 1. The zero-order chi connectivity index (χ0) is 13.2. The number of carbonyl (C=O) groups is 1. The van der Waals surface area contributed by atoms with E-state index < -0.39 is 5.60 Å². The summed E-state index contributed by atoms with van der Waals surface area (Å²) in [6.07, 6.45) is 4.02. The van der Waals surface area contributed by atoms with Crippen molar-refractivity contribution in [3.8, 4) is 0 Å². The summed E-state index contributed by atoms with van der Waals surface area (Å²) in [5.74, 6) is 0.725. The van der Waals surface area contributed by atoms with Crippen LogP contribution in [0.2, 0.25) is 0 Å². The van der Waals surface area contributed by atoms with Crippen LogP contribution in [0.1, 0.15) is 39.5 Å². The van der Waals surface area contributed by atoms with Crippen molar-refractivity contribution < 1.29 is 9.53 Å². The third-order valence-corrected chi connectivity index (χ3v) is 4.93. The lowest BCUT2D eigenvalue weighted by Gasteiger charge is -2.35. The smallest absolute Gasteiger partial charge is 0.252 e. The molecule has 0 unspecified atom stereocenters. The minimum Gasteiger partial charge on any atom is -0.368 e. The average molecular weight is 291 g/mol. The van der Waals surface area contributed by atoms with E-state index in [1.165, 1.54) is 12.8 Å². The number of rotatable bonds is 5. The van der Waals surface area contributed by atoms with Gasteiger partial charge in [0.25, 0.3) is 5.91 Å². The Hall–Kier alpha value is -0.320. The van der Waals surface area contributed by atoms with E-state index in [0.29, 0.717) is 11.3 Å². The number of carbonyl (C=O) groups excluding carboxylic acids is 1. The quantitative estimate of drug-likeness (QED) is 0.811. The number of hydrogen-bond donors (Lipinski definition) is 2. The van der Waals surface area contributed by atoms with Crippen molar-refractivity contribution in [2.75, 3.05) is 26.7 Å². The molecule has 1 aliphatic carbocycles. The predicted molar refractivity (Wildman–Crippen MR) is 78.6 cm³/mol. The molecule has 1 saturated heterocycles. The van der Waals surface area contributed by atoms with E-state index in [1.807, 2.05) is 0 Å². The maximum absolute atomic E-state index is 12.4. The van der Waals surface area contributed by atoms with Gasteiger partial charge in [-0.15, -0.1) is 12.4 Å². The van der Waals surface area contributed by atoms with Gasteiger partial charge in [-0.2, -0.15) is 0 Å². The second kappa shape index (κ2) is 6.42. The van der Waals surface area contributed by atoms with Crippen molar-refractivity contribution in [1.82, 2.24) is 10.6 Å². The number of halogens is 1. The number of ether oxygens (including phenoxy) is 1. The van der Waals surface area contributed by atoms with Crippen molar-refractivity contribution in [3.05, 3.63) is 0 Å². The van der Waals surface area contributed by atoms with Gasteiger partial charge in [0.1, 0.15) is 5.60 Å². The van der Waals surface area contributed by atoms with E-state index in [2.05, 4.69) is 24.5 Å². The zero-order valence-electron chi connectivity index (χ0n) is 12.3. The van der Waals surface area contributed by atoms with Gasteiger partial charge in [0.05, 0.1) is 0 Å². The van der Waals surface area contributed by atoms with Gasteiger partial charge in [-0.25, -0.2) is 0 Å². The van der Waals surface area contributed by atoms with E-state index in [4.69, 9.17) is 4.74 Å². The molecule has 0 atom stereocenters. The summed E-state index contributed by atoms with van der Waals surface area (Å²) in [6, 6.07) is 0. The molecule has 112 valence electrons. The number of methoxy groups -OCH3 is 1. The molecular formula is C14H27ClN2O2. The molecule has 2 N–H and O–H groups in total. The van der Waals surface area contributed by atoms with Gasteiger partial charge in [0.2, 0.25) is 0 Å². The Bertz CT molecular complexity index is 311. The van der Waals surface area contributed by atoms with E-state index in [9.17, 15) is 4.79 Å². The van der Waals surface area contributed by atoms with Crippen molar-refractivity contribution in [3.63, 3.8) is 0 Å². The summed E-state index contributed by atoms with van der Waals surface area (Å²) < 4.78 is 5.53. The fraction of sp³-hybridized carbons (Fsp3) is 0.929. The molecule has 2 aliphatic rings. The van der Waals surface area contributed by atoms with Crippen LogP contribution < -0.4 is 10.6 Å². The highest BCUT2D eigenvalue weighted by atomic mass is 35.5. The highest BCUT2D eigenvalue weighted by Crippen LogP contribution is 2.51. The van der Waals surface area contributed by atoms with Gasteiger partial charge in [-0.1, -0.05) is 13.8 Å². The standard InChI is InChI=1S/C14H26N2O2.ClH/c1-11(2)13(4-5-13)10-16-12(17)14(18-3)6-8-15-9-7-14;/h11,15H,4-10H2,1-3H3,(H,16,17);1H. The summed E-state index contributed by atoms with van der Waals surface area (Å²) in [7, 11) is 1.65. The lowest BCUT2D eigenvalue weighted by atomic mass is 9.89. The molecule has 2 rings (SSSR count). The minimum absolute atomic E-state index is 0. The lowest BCUT2D eigenvalue weighted by molar-refractivity contribution is -0.147. The molecule has 1 heterocycles. The molecule has 1 amide bonds. The van der Waals surface area contributed by atoms with Gasteiger partial charge < -0.3 is 15.4 Å². The normalized spacial score (nSPS) is 23.6. The molecule has 4 nitrogen and oxygen atoms in total. The summed E-state index contributed by atoms with van der Waals surface area (Å²) in [6.45, 7) is 7.01. The Morgan fingerprint density at radius 3 is 2.26 bits per heavy atom. The topological polar surface area (TPSA) is 50.4 Å². The van der Waals surface area contributed by atoms with Crippen LogP contribution in [-0.4, -0.2) is 38.3 Å². The van der Waals surface area contributed by atoms with Crippen LogP contribution in [0.25, 0.3) is 0 Å². The SMILES string of the molecule is COC1(C(=O)NCC2(C(C)C)CC2)CCNCC1.Cl. The van der Waals surface area contributed by atoms with Crippen LogP contribution in [-0.2, 0) is 9.53 Å². The first-order chi connectivity index (χ1) is 8.55. The Labute approximate surface area is 122 Å². The fourth-order valence-electron chi connectivity index (χ4n) is 2.89. The van der Waals surface area contributed by atoms with Crippen LogP contribution >= 0.6 is 12.4 Å². The lowest BCUT2D eigenvalue weighted by Crippen LogP contribution is -2.55. The van der Waals surface area contributed by atoms with Gasteiger partial charge in [0, 0.05) is 13.7 Å². The van der Waals surface area contributed by atoms with Crippen LogP contribution in [0, 0.1) is 11.3 Å². The molecular weight excluding hydrogens is 264 g/mol. The Balaban J connectivity index is 0.00000180. The second-order valence-corrected chi connectivity index (χ2v) is 6.15. The molecule has 0 aromatic carbocycles. The van der Waals surface area contributed by atoms with Gasteiger partial charge in [-0.05, 0) is 50.1 Å². The average Bonchev–Trinajstić information content (AvgIpc) is 3.18. The first kappa shape index (κ1) is 16.7. The fourth-order valence-corrected chi connectivity index (χ4v) is 2.89. The van der Waals surface area contributed by atoms with Crippen LogP contribution in [0.3, 0.4) is 0 Å². The first-order valence-electron chi connectivity index (χ1n) is 7.09. The Kier molecular flexibility index (Phi) is 5.65. The van der Waals surface area contributed by atoms with E-state index >= 15 is 0 Å². The molecule has 0 aromatic heterocycles. The molecule has 2 fully saturated rings. The van der Waals surface area contributed by atoms with Gasteiger partial charge >= 0.3 is 0 Å². The summed E-state index contributed by atoms with van der Waals surface area (Å²) >= 11 is 0. The summed E-state index contributed by atoms with van der Waals surface area (Å²) in [5, 5.41) is 6.41. The molecule has 19 heavy (non-hydrogen) atoms. The minimum atomic E-state index is -0.599. The Morgan fingerprint density at radius 1 is 1.26 bits per heavy atom. The predicted octanol–water partition coefficient (Wildman–Crippen LogP) is 1.73. The molecule has 0 spiro atoms. The first-order valence-corrected chi connectivity index (χ1v) is 7.09. The van der Waals surface area contributed by atoms with Crippen LogP contribution in [0.15, 0.2) is 0 Å². The summed E-state index contributed by atoms with van der Waals surface area (Å²) in [4.78, 5) is 12.4. The summed E-state index contributed by atoms with van der Waals surface area (Å²) in [5.41, 5.74) is -0.240. The third-order valence-electron chi connectivity index (χ3n) is 4.93. The van der Waals surface area contributed by atoms with Crippen molar-refractivity contribution >= 4 is 18.3 Å². The zero-order valence-corrected chi connectivity index (χ0v) is 13.1. The van der Waals surface area contributed by atoms with Crippen molar-refractivity contribution in [1.29, 1.82) is 0 Å². The number of nitrogens with one attached hydrogen (secondary N) is 2. The Morgan fingerprint density at radius 2 is 1.84 bits per heavy atom. The van der Waals surface area contributed by atoms with Gasteiger partial charge in [0.15, 0.2) is 0 Å². The van der Waals surface area contributed by atoms with Crippen molar-refractivity contribution in [2.45, 2.75) is 45.1 Å².